The monoisotopic (exact) mass is 366 g/mol. The van der Waals surface area contributed by atoms with Crippen LogP contribution in [0.25, 0.3) is 0 Å². The number of aromatic nitrogens is 2. The smallest absolute Gasteiger partial charge is 0.322 e. The molecule has 2 fully saturated rings. The number of carbonyl (C=O) groups is 3. The quantitative estimate of drug-likeness (QED) is 0.641. The van der Waals surface area contributed by atoms with Gasteiger partial charge in [0.05, 0.1) is 0 Å². The lowest BCUT2D eigenvalue weighted by Crippen LogP contribution is -2.45. The minimum absolute atomic E-state index is 0.0935. The van der Waals surface area contributed by atoms with E-state index >= 15 is 0 Å². The third-order valence-corrected chi connectivity index (χ3v) is 4.52. The van der Waals surface area contributed by atoms with Gasteiger partial charge >= 0.3 is 6.03 Å². The number of piperidine rings is 1. The number of nitrogens with zero attached hydrogens (tertiary/aromatic N) is 3. The molecule has 0 bridgehead atoms. The van der Waals surface area contributed by atoms with Crippen molar-refractivity contribution in [1.29, 1.82) is 0 Å². The first-order chi connectivity index (χ1) is 12.0. The van der Waals surface area contributed by atoms with Crippen LogP contribution in [0.2, 0.25) is 5.15 Å². The molecule has 10 heteroatoms. The van der Waals surface area contributed by atoms with Crippen molar-refractivity contribution >= 4 is 35.3 Å². The maximum Gasteiger partial charge on any atom is 0.322 e. The van der Waals surface area contributed by atoms with Crippen molar-refractivity contribution in [3.05, 3.63) is 17.3 Å². The number of rotatable bonds is 5. The molecule has 1 aromatic heterocycles. The Kier molecular flexibility index (Phi) is 5.32. The lowest BCUT2D eigenvalue weighted by molar-refractivity contribution is -0.122. The number of urea groups is 1. The molecular weight excluding hydrogens is 348 g/mol. The fourth-order valence-electron chi connectivity index (χ4n) is 2.97. The molecule has 9 nitrogen and oxygen atoms in total. The molecule has 2 aliphatic rings. The van der Waals surface area contributed by atoms with E-state index < -0.39 is 12.1 Å². The average molecular weight is 367 g/mol. The highest BCUT2D eigenvalue weighted by Gasteiger charge is 2.30. The minimum Gasteiger partial charge on any atom is -0.355 e. The number of anilines is 1. The van der Waals surface area contributed by atoms with E-state index in [1.54, 1.807) is 6.07 Å². The van der Waals surface area contributed by atoms with Gasteiger partial charge in [-0.25, -0.2) is 4.79 Å². The first-order valence-electron chi connectivity index (χ1n) is 8.16. The van der Waals surface area contributed by atoms with Gasteiger partial charge in [0.2, 0.25) is 5.91 Å². The van der Waals surface area contributed by atoms with Gasteiger partial charge in [-0.3, -0.25) is 14.9 Å². The van der Waals surface area contributed by atoms with Crippen LogP contribution in [-0.2, 0) is 9.59 Å². The second kappa shape index (κ2) is 7.64. The third-order valence-electron chi connectivity index (χ3n) is 4.32. The van der Waals surface area contributed by atoms with Crippen molar-refractivity contribution in [3.63, 3.8) is 0 Å². The van der Waals surface area contributed by atoms with Crippen molar-refractivity contribution < 1.29 is 14.4 Å². The Morgan fingerprint density at radius 3 is 2.64 bits per heavy atom. The molecule has 134 valence electrons. The highest BCUT2D eigenvalue weighted by Crippen LogP contribution is 2.18. The summed E-state index contributed by atoms with van der Waals surface area (Å²) >= 11 is 5.74. The number of hydrogen-bond donors (Lipinski definition) is 3. The van der Waals surface area contributed by atoms with Gasteiger partial charge < -0.3 is 15.5 Å². The maximum absolute atomic E-state index is 12.0. The third kappa shape index (κ3) is 4.56. The van der Waals surface area contributed by atoms with Gasteiger partial charge in [0.1, 0.15) is 6.04 Å². The standard InChI is InChI=1S/C15H19ClN6O3/c16-11-2-3-12(21-20-11)22-7-5-9(6-8-22)17-13(23)4-1-10-14(24)19-15(25)18-10/h2-3,9-10H,1,4-8H2,(H,17,23)(H2,18,19,24,25)/t10-/m1/s1. The zero-order valence-electron chi connectivity index (χ0n) is 13.5. The number of imide groups is 1. The van der Waals surface area contributed by atoms with Crippen LogP contribution in [0.5, 0.6) is 0 Å². The van der Waals surface area contributed by atoms with Gasteiger partial charge in [-0.05, 0) is 31.4 Å². The summed E-state index contributed by atoms with van der Waals surface area (Å²) in [6.07, 6.45) is 2.09. The Hall–Kier alpha value is -2.42. The highest BCUT2D eigenvalue weighted by atomic mass is 35.5. The Morgan fingerprint density at radius 1 is 1.28 bits per heavy atom. The first kappa shape index (κ1) is 17.4. The molecular formula is C15H19ClN6O3. The van der Waals surface area contributed by atoms with Crippen molar-refractivity contribution in [3.8, 4) is 0 Å². The van der Waals surface area contributed by atoms with Crippen molar-refractivity contribution in [1.82, 2.24) is 26.1 Å². The van der Waals surface area contributed by atoms with Gasteiger partial charge in [0.25, 0.3) is 5.91 Å². The SMILES string of the molecule is O=C(CC[C@H]1NC(=O)NC1=O)NC1CCN(c2ccc(Cl)nn2)CC1. The summed E-state index contributed by atoms with van der Waals surface area (Å²) in [5, 5.41) is 15.9. The highest BCUT2D eigenvalue weighted by molar-refractivity contribution is 6.29. The predicted octanol–water partition coefficient (Wildman–Crippen LogP) is 0.203. The molecule has 2 saturated heterocycles. The van der Waals surface area contributed by atoms with Crippen LogP contribution in [-0.4, -0.2) is 53.2 Å². The molecule has 3 heterocycles. The second-order valence-electron chi connectivity index (χ2n) is 6.10. The number of halogens is 1. The lowest BCUT2D eigenvalue weighted by Gasteiger charge is -2.32. The van der Waals surface area contributed by atoms with E-state index in [0.717, 1.165) is 31.7 Å². The maximum atomic E-state index is 12.0. The Morgan fingerprint density at radius 2 is 2.04 bits per heavy atom. The summed E-state index contributed by atoms with van der Waals surface area (Å²) < 4.78 is 0. The van der Waals surface area contributed by atoms with Crippen molar-refractivity contribution in [2.45, 2.75) is 37.8 Å². The minimum atomic E-state index is -0.622. The number of nitrogens with one attached hydrogen (secondary N) is 3. The molecule has 0 radical (unpaired) electrons. The summed E-state index contributed by atoms with van der Waals surface area (Å²) in [4.78, 5) is 36.6. The predicted molar refractivity (Wildman–Crippen MR) is 90.1 cm³/mol. The summed E-state index contributed by atoms with van der Waals surface area (Å²) in [5.74, 6) is 0.283. The normalized spacial score (nSPS) is 21.0. The summed E-state index contributed by atoms with van der Waals surface area (Å²) in [7, 11) is 0. The van der Waals surface area contributed by atoms with E-state index in [1.165, 1.54) is 0 Å². The summed E-state index contributed by atoms with van der Waals surface area (Å²) in [5.41, 5.74) is 0. The Balaban J connectivity index is 1.39. The zero-order chi connectivity index (χ0) is 17.8. The van der Waals surface area contributed by atoms with Crippen molar-refractivity contribution in [2.24, 2.45) is 0 Å². The van der Waals surface area contributed by atoms with Gasteiger partial charge in [-0.1, -0.05) is 11.6 Å². The summed E-state index contributed by atoms with van der Waals surface area (Å²) in [6.45, 7) is 1.53. The topological polar surface area (TPSA) is 116 Å². The van der Waals surface area contributed by atoms with E-state index in [-0.39, 0.29) is 24.3 Å². The Bertz CT molecular complexity index is 660. The first-order valence-corrected chi connectivity index (χ1v) is 8.54. The van der Waals surface area contributed by atoms with Crippen LogP contribution in [0, 0.1) is 0 Å². The molecule has 2 aliphatic heterocycles. The number of hydrogen-bond acceptors (Lipinski definition) is 6. The van der Waals surface area contributed by atoms with Gasteiger partial charge in [-0.15, -0.1) is 10.2 Å². The van der Waals surface area contributed by atoms with Gasteiger partial charge in [0, 0.05) is 25.6 Å². The van der Waals surface area contributed by atoms with E-state index in [1.807, 2.05) is 6.07 Å². The van der Waals surface area contributed by atoms with Crippen LogP contribution >= 0.6 is 11.6 Å². The lowest BCUT2D eigenvalue weighted by atomic mass is 10.0. The Labute approximate surface area is 149 Å². The molecule has 0 unspecified atom stereocenters. The molecule has 0 aromatic carbocycles. The molecule has 0 saturated carbocycles. The van der Waals surface area contributed by atoms with Crippen LogP contribution < -0.4 is 20.9 Å². The number of amides is 4. The summed E-state index contributed by atoms with van der Waals surface area (Å²) in [6, 6.07) is 2.50. The van der Waals surface area contributed by atoms with Gasteiger partial charge in [-0.2, -0.15) is 0 Å². The zero-order valence-corrected chi connectivity index (χ0v) is 14.3. The van der Waals surface area contributed by atoms with Crippen LogP contribution in [0.15, 0.2) is 12.1 Å². The van der Waals surface area contributed by atoms with Crippen LogP contribution in [0.1, 0.15) is 25.7 Å². The molecule has 3 N–H and O–H groups in total. The fourth-order valence-corrected chi connectivity index (χ4v) is 3.07. The second-order valence-corrected chi connectivity index (χ2v) is 6.48. The van der Waals surface area contributed by atoms with Crippen molar-refractivity contribution in [2.75, 3.05) is 18.0 Å². The van der Waals surface area contributed by atoms with E-state index in [9.17, 15) is 14.4 Å². The van der Waals surface area contributed by atoms with E-state index in [2.05, 4.69) is 31.0 Å². The van der Waals surface area contributed by atoms with Crippen LogP contribution in [0.3, 0.4) is 0 Å². The fraction of sp³-hybridized carbons (Fsp3) is 0.533. The molecule has 4 amide bonds. The largest absolute Gasteiger partial charge is 0.355 e. The van der Waals surface area contributed by atoms with E-state index in [0.29, 0.717) is 11.6 Å². The molecule has 25 heavy (non-hydrogen) atoms. The molecule has 0 spiro atoms. The molecule has 1 atom stereocenters. The van der Waals surface area contributed by atoms with Crippen LogP contribution in [0.4, 0.5) is 10.6 Å². The molecule has 3 rings (SSSR count). The number of carbonyl (C=O) groups excluding carboxylic acids is 3. The van der Waals surface area contributed by atoms with Gasteiger partial charge in [0.15, 0.2) is 11.0 Å². The average Bonchev–Trinajstić information content (AvgIpc) is 2.92. The van der Waals surface area contributed by atoms with E-state index in [4.69, 9.17) is 11.6 Å². The molecule has 1 aromatic rings. The molecule has 0 aliphatic carbocycles.